The van der Waals surface area contributed by atoms with Crippen molar-refractivity contribution in [2.24, 2.45) is 0 Å². The van der Waals surface area contributed by atoms with Crippen LogP contribution in [0.4, 0.5) is 10.5 Å². The van der Waals surface area contributed by atoms with Gasteiger partial charge in [-0.1, -0.05) is 23.7 Å². The molecule has 0 spiro atoms. The summed E-state index contributed by atoms with van der Waals surface area (Å²) in [5.74, 6) is -0.234. The second-order valence-electron chi connectivity index (χ2n) is 5.62. The van der Waals surface area contributed by atoms with E-state index in [4.69, 9.17) is 11.6 Å². The topological polar surface area (TPSA) is 90.5 Å². The molecule has 25 heavy (non-hydrogen) atoms. The van der Waals surface area contributed by atoms with Crippen molar-refractivity contribution in [3.63, 3.8) is 0 Å². The fourth-order valence-corrected chi connectivity index (χ4v) is 2.77. The van der Waals surface area contributed by atoms with Crippen LogP contribution in [0.2, 0.25) is 5.02 Å². The lowest BCUT2D eigenvalue weighted by Crippen LogP contribution is -2.45. The zero-order valence-electron chi connectivity index (χ0n) is 13.3. The normalized spacial score (nSPS) is 16.9. The molecule has 128 valence electrons. The maximum Gasteiger partial charge on any atom is 0.319 e. The van der Waals surface area contributed by atoms with Gasteiger partial charge in [-0.25, -0.2) is 4.79 Å². The van der Waals surface area contributed by atoms with E-state index in [1.807, 2.05) is 0 Å². The fraction of sp³-hybridized carbons (Fsp3) is 0.111. The molecule has 6 nitrogen and oxygen atoms in total. The smallest absolute Gasteiger partial charge is 0.319 e. The van der Waals surface area contributed by atoms with E-state index in [0.717, 1.165) is 0 Å². The summed E-state index contributed by atoms with van der Waals surface area (Å²) in [5, 5.41) is 18.2. The summed E-state index contributed by atoms with van der Waals surface area (Å²) in [7, 11) is 0. The van der Waals surface area contributed by atoms with Gasteiger partial charge in [-0.15, -0.1) is 0 Å². The number of carbonyl (C=O) groups is 2. The molecule has 2 aromatic rings. The molecule has 0 bridgehead atoms. The van der Waals surface area contributed by atoms with Gasteiger partial charge >= 0.3 is 6.03 Å². The molecule has 0 saturated heterocycles. The maximum absolute atomic E-state index is 12.8. The molecule has 0 aromatic heterocycles. The van der Waals surface area contributed by atoms with E-state index in [1.165, 1.54) is 12.1 Å². The highest BCUT2D eigenvalue weighted by molar-refractivity contribution is 6.30. The number of urea groups is 1. The maximum atomic E-state index is 12.8. The molecule has 1 heterocycles. The number of aromatic hydroxyl groups is 1. The summed E-state index contributed by atoms with van der Waals surface area (Å²) in [6.45, 7) is 1.67. The summed E-state index contributed by atoms with van der Waals surface area (Å²) in [6.07, 6.45) is 0. The highest BCUT2D eigenvalue weighted by atomic mass is 35.5. The van der Waals surface area contributed by atoms with Crippen molar-refractivity contribution in [1.82, 2.24) is 10.6 Å². The van der Waals surface area contributed by atoms with Crippen LogP contribution in [-0.2, 0) is 4.79 Å². The molecule has 3 rings (SSSR count). The monoisotopic (exact) mass is 357 g/mol. The van der Waals surface area contributed by atoms with Gasteiger partial charge in [0.1, 0.15) is 5.75 Å². The number of phenols is 1. The molecule has 0 saturated carbocycles. The van der Waals surface area contributed by atoms with E-state index in [0.29, 0.717) is 27.5 Å². The molecule has 0 radical (unpaired) electrons. The second-order valence-corrected chi connectivity index (χ2v) is 6.06. The largest absolute Gasteiger partial charge is 0.508 e. The molecule has 7 heteroatoms. The van der Waals surface area contributed by atoms with Gasteiger partial charge in [-0.05, 0) is 48.9 Å². The lowest BCUT2D eigenvalue weighted by Gasteiger charge is -2.28. The molecule has 3 amide bonds. The number of rotatable bonds is 3. The van der Waals surface area contributed by atoms with Crippen molar-refractivity contribution < 1.29 is 14.7 Å². The number of hydrogen-bond acceptors (Lipinski definition) is 3. The Balaban J connectivity index is 1.92. The van der Waals surface area contributed by atoms with Crippen molar-refractivity contribution in [3.05, 3.63) is 70.4 Å². The Morgan fingerprint density at radius 3 is 2.40 bits per heavy atom. The molecular formula is C18H16ClN3O3. The van der Waals surface area contributed by atoms with E-state index in [1.54, 1.807) is 43.3 Å². The summed E-state index contributed by atoms with van der Waals surface area (Å²) in [5.41, 5.74) is 2.14. The summed E-state index contributed by atoms with van der Waals surface area (Å²) >= 11 is 5.85. The van der Waals surface area contributed by atoms with Gasteiger partial charge in [-0.2, -0.15) is 0 Å². The SMILES string of the molecule is CC1=C(C(=O)Nc2ccc(Cl)cc2)[C@@H](c2ccc(O)cc2)NC(=O)N1. The molecule has 1 atom stereocenters. The van der Waals surface area contributed by atoms with Crippen LogP contribution >= 0.6 is 11.6 Å². The molecule has 2 aromatic carbocycles. The number of nitrogens with one attached hydrogen (secondary N) is 3. The van der Waals surface area contributed by atoms with Crippen LogP contribution in [0, 0.1) is 0 Å². The minimum absolute atomic E-state index is 0.108. The van der Waals surface area contributed by atoms with E-state index in [9.17, 15) is 14.7 Å². The lowest BCUT2D eigenvalue weighted by molar-refractivity contribution is -0.113. The third-order valence-electron chi connectivity index (χ3n) is 3.84. The molecule has 0 fully saturated rings. The van der Waals surface area contributed by atoms with Crippen LogP contribution in [0.15, 0.2) is 59.8 Å². The first kappa shape index (κ1) is 16.9. The fourth-order valence-electron chi connectivity index (χ4n) is 2.64. The van der Waals surface area contributed by atoms with Gasteiger partial charge in [0.2, 0.25) is 0 Å². The molecule has 4 N–H and O–H groups in total. The number of amides is 3. The van der Waals surface area contributed by atoms with Crippen molar-refractivity contribution in [2.45, 2.75) is 13.0 Å². The highest BCUT2D eigenvalue weighted by Crippen LogP contribution is 2.28. The van der Waals surface area contributed by atoms with Crippen LogP contribution < -0.4 is 16.0 Å². The average Bonchev–Trinajstić information content (AvgIpc) is 2.57. The van der Waals surface area contributed by atoms with Gasteiger partial charge in [0.25, 0.3) is 5.91 Å². The zero-order valence-corrected chi connectivity index (χ0v) is 14.1. The van der Waals surface area contributed by atoms with Gasteiger partial charge in [0.05, 0.1) is 11.6 Å². The van der Waals surface area contributed by atoms with Gasteiger partial charge in [0.15, 0.2) is 0 Å². The van der Waals surface area contributed by atoms with Crippen LogP contribution in [0.25, 0.3) is 0 Å². The lowest BCUT2D eigenvalue weighted by atomic mass is 9.94. The first-order valence-electron chi connectivity index (χ1n) is 7.58. The summed E-state index contributed by atoms with van der Waals surface area (Å²) in [6, 6.07) is 12.1. The third kappa shape index (κ3) is 3.75. The Morgan fingerprint density at radius 2 is 1.76 bits per heavy atom. The first-order chi connectivity index (χ1) is 11.9. The van der Waals surface area contributed by atoms with Gasteiger partial charge in [-0.3, -0.25) is 4.79 Å². The zero-order chi connectivity index (χ0) is 18.0. The predicted octanol–water partition coefficient (Wildman–Crippen LogP) is 3.31. The number of anilines is 1. The van der Waals surface area contributed by atoms with Gasteiger partial charge < -0.3 is 21.1 Å². The van der Waals surface area contributed by atoms with Crippen LogP contribution in [0.3, 0.4) is 0 Å². The third-order valence-corrected chi connectivity index (χ3v) is 4.09. The Hall–Kier alpha value is -2.99. The standard InChI is InChI=1S/C18H16ClN3O3/c1-10-15(17(24)21-13-6-4-12(19)5-7-13)16(22-18(25)20-10)11-2-8-14(23)9-3-11/h2-9,16,23H,1H3,(H,21,24)(H2,20,22,25)/t16-/m1/s1. The van der Waals surface area contributed by atoms with Gasteiger partial charge in [0, 0.05) is 16.4 Å². The predicted molar refractivity (Wildman–Crippen MR) is 95.3 cm³/mol. The number of phenolic OH excluding ortho intramolecular Hbond substituents is 1. The summed E-state index contributed by atoms with van der Waals surface area (Å²) < 4.78 is 0. The molecule has 1 aliphatic rings. The van der Waals surface area contributed by atoms with Crippen molar-refractivity contribution >= 4 is 29.2 Å². The summed E-state index contributed by atoms with van der Waals surface area (Å²) in [4.78, 5) is 24.6. The van der Waals surface area contributed by atoms with E-state index < -0.39 is 12.1 Å². The van der Waals surface area contributed by atoms with Crippen LogP contribution in [0.5, 0.6) is 5.75 Å². The van der Waals surface area contributed by atoms with E-state index in [-0.39, 0.29) is 11.7 Å². The minimum atomic E-state index is -0.623. The van der Waals surface area contributed by atoms with E-state index >= 15 is 0 Å². The van der Waals surface area contributed by atoms with Crippen molar-refractivity contribution in [3.8, 4) is 5.75 Å². The Kier molecular flexibility index (Phi) is 4.63. The molecular weight excluding hydrogens is 342 g/mol. The number of benzene rings is 2. The van der Waals surface area contributed by atoms with E-state index in [2.05, 4.69) is 16.0 Å². The second kappa shape index (κ2) is 6.86. The number of halogens is 1. The Morgan fingerprint density at radius 1 is 1.12 bits per heavy atom. The number of allylic oxidation sites excluding steroid dienone is 1. The Bertz CT molecular complexity index is 845. The van der Waals surface area contributed by atoms with Crippen LogP contribution in [0.1, 0.15) is 18.5 Å². The van der Waals surface area contributed by atoms with Crippen LogP contribution in [-0.4, -0.2) is 17.0 Å². The highest BCUT2D eigenvalue weighted by Gasteiger charge is 2.31. The minimum Gasteiger partial charge on any atom is -0.508 e. The average molecular weight is 358 g/mol. The molecule has 0 unspecified atom stereocenters. The quantitative estimate of drug-likeness (QED) is 0.679. The molecule has 0 aliphatic carbocycles. The molecule has 1 aliphatic heterocycles. The number of carbonyl (C=O) groups excluding carboxylic acids is 2. The number of hydrogen-bond donors (Lipinski definition) is 4. The Labute approximate surface area is 149 Å². The first-order valence-corrected chi connectivity index (χ1v) is 7.96. The van der Waals surface area contributed by atoms with Crippen molar-refractivity contribution in [2.75, 3.05) is 5.32 Å². The van der Waals surface area contributed by atoms with Crippen molar-refractivity contribution in [1.29, 1.82) is 0 Å².